The highest BCUT2D eigenvalue weighted by molar-refractivity contribution is 7.19. The minimum absolute atomic E-state index is 0.0588. The molecule has 2 aromatic rings. The fourth-order valence-corrected chi connectivity index (χ4v) is 5.58. The molecule has 1 aliphatic heterocycles. The molecule has 29 heavy (non-hydrogen) atoms. The van der Waals surface area contributed by atoms with Crippen molar-refractivity contribution < 1.29 is 22.8 Å². The second kappa shape index (κ2) is 6.94. The topological polar surface area (TPSA) is 101 Å². The molecular weight excluding hydrogens is 427 g/mol. The maximum Gasteiger partial charge on any atom is 0.400 e. The average molecular weight is 445 g/mol. The van der Waals surface area contributed by atoms with Gasteiger partial charge in [0, 0.05) is 11.9 Å². The van der Waals surface area contributed by atoms with E-state index in [-0.39, 0.29) is 17.8 Å². The Hall–Kier alpha value is -2.21. The minimum Gasteiger partial charge on any atom is -0.368 e. The van der Waals surface area contributed by atoms with Crippen molar-refractivity contribution in [1.29, 1.82) is 0 Å². The molecule has 1 atom stereocenters. The molecule has 1 unspecified atom stereocenters. The van der Waals surface area contributed by atoms with Crippen molar-refractivity contribution in [2.24, 2.45) is 5.73 Å². The van der Waals surface area contributed by atoms with Gasteiger partial charge < -0.3 is 10.6 Å². The van der Waals surface area contributed by atoms with Gasteiger partial charge in [-0.1, -0.05) is 11.3 Å². The summed E-state index contributed by atoms with van der Waals surface area (Å²) < 4.78 is 40.0. The highest BCUT2D eigenvalue weighted by Crippen LogP contribution is 2.59. The number of carbonyl (C=O) groups is 2. The second-order valence-electron chi connectivity index (χ2n) is 7.24. The lowest BCUT2D eigenvalue weighted by Gasteiger charge is -2.21. The maximum atomic E-state index is 13.3. The lowest BCUT2D eigenvalue weighted by molar-refractivity contribution is -0.160. The molecule has 12 heteroatoms. The van der Waals surface area contributed by atoms with Gasteiger partial charge >= 0.3 is 12.2 Å². The number of alkyl halides is 3. The molecule has 7 nitrogen and oxygen atoms in total. The highest BCUT2D eigenvalue weighted by Gasteiger charge is 2.66. The quantitative estimate of drug-likeness (QED) is 0.750. The Bertz CT molecular complexity index is 967. The lowest BCUT2D eigenvalue weighted by Crippen LogP contribution is -2.45. The van der Waals surface area contributed by atoms with Gasteiger partial charge in [-0.2, -0.15) is 13.2 Å². The number of amides is 3. The normalized spacial score (nSPS) is 20.7. The van der Waals surface area contributed by atoms with Crippen LogP contribution in [0.1, 0.15) is 36.4 Å². The van der Waals surface area contributed by atoms with E-state index in [0.29, 0.717) is 40.8 Å². The van der Waals surface area contributed by atoms with Crippen LogP contribution in [0.2, 0.25) is 0 Å². The first-order chi connectivity index (χ1) is 13.6. The van der Waals surface area contributed by atoms with Crippen molar-refractivity contribution >= 4 is 39.7 Å². The van der Waals surface area contributed by atoms with Crippen LogP contribution in [0.4, 0.5) is 23.1 Å². The van der Waals surface area contributed by atoms with Gasteiger partial charge in [-0.05, 0) is 32.6 Å². The number of nitrogens with zero attached hydrogens (tertiary/aromatic N) is 3. The maximum absolute atomic E-state index is 13.3. The summed E-state index contributed by atoms with van der Waals surface area (Å²) in [5.74, 6) is -0.553. The van der Waals surface area contributed by atoms with E-state index in [1.165, 1.54) is 4.90 Å². The van der Waals surface area contributed by atoms with E-state index >= 15 is 0 Å². The number of thiazole rings is 2. The van der Waals surface area contributed by atoms with E-state index in [0.717, 1.165) is 22.7 Å². The van der Waals surface area contributed by atoms with Crippen LogP contribution < -0.4 is 11.1 Å². The van der Waals surface area contributed by atoms with Crippen LogP contribution in [0.5, 0.6) is 0 Å². The van der Waals surface area contributed by atoms with Crippen molar-refractivity contribution in [1.82, 2.24) is 14.9 Å². The van der Waals surface area contributed by atoms with Crippen LogP contribution in [0.15, 0.2) is 5.38 Å². The van der Waals surface area contributed by atoms with Crippen molar-refractivity contribution in [3.05, 3.63) is 16.1 Å². The van der Waals surface area contributed by atoms with Gasteiger partial charge in [0.05, 0.1) is 16.3 Å². The second-order valence-corrected chi connectivity index (χ2v) is 9.09. The van der Waals surface area contributed by atoms with Gasteiger partial charge in [-0.25, -0.2) is 14.8 Å². The van der Waals surface area contributed by atoms with Crippen molar-refractivity contribution in [3.8, 4) is 10.6 Å². The van der Waals surface area contributed by atoms with E-state index in [1.54, 1.807) is 12.3 Å². The van der Waals surface area contributed by atoms with Crippen molar-refractivity contribution in [3.63, 3.8) is 0 Å². The number of nitrogens with two attached hydrogens (primary N) is 1. The Kier molecular flexibility index (Phi) is 4.80. The summed E-state index contributed by atoms with van der Waals surface area (Å²) in [6.45, 7) is 2.13. The third kappa shape index (κ3) is 3.48. The average Bonchev–Trinajstić information content (AvgIpc) is 2.99. The smallest absolute Gasteiger partial charge is 0.368 e. The lowest BCUT2D eigenvalue weighted by atomic mass is 10.1. The largest absolute Gasteiger partial charge is 0.400 e. The third-order valence-corrected chi connectivity index (χ3v) is 7.43. The van der Waals surface area contributed by atoms with Gasteiger partial charge in [-0.15, -0.1) is 11.3 Å². The molecule has 0 aromatic carbocycles. The van der Waals surface area contributed by atoms with Crippen LogP contribution in [0.25, 0.3) is 10.6 Å². The molecule has 156 valence electrons. The van der Waals surface area contributed by atoms with E-state index in [2.05, 4.69) is 15.3 Å². The first-order valence-corrected chi connectivity index (χ1v) is 10.7. The Morgan fingerprint density at radius 3 is 2.69 bits per heavy atom. The molecule has 2 fully saturated rings. The summed E-state index contributed by atoms with van der Waals surface area (Å²) in [7, 11) is 0. The number of hydrogen-bond donors (Lipinski definition) is 2. The summed E-state index contributed by atoms with van der Waals surface area (Å²) in [5.41, 5.74) is 4.51. The number of aromatic nitrogens is 2. The van der Waals surface area contributed by atoms with Gasteiger partial charge in [0.15, 0.2) is 5.13 Å². The summed E-state index contributed by atoms with van der Waals surface area (Å²) >= 11 is 2.14. The number of anilines is 1. The fraction of sp³-hybridized carbons (Fsp3) is 0.529. The van der Waals surface area contributed by atoms with E-state index in [9.17, 15) is 22.8 Å². The molecule has 0 radical (unpaired) electrons. The monoisotopic (exact) mass is 445 g/mol. The molecule has 3 N–H and O–H groups in total. The number of hydrogen-bond acceptors (Lipinski definition) is 6. The van der Waals surface area contributed by atoms with Crippen molar-refractivity contribution in [2.75, 3.05) is 11.9 Å². The van der Waals surface area contributed by atoms with Crippen LogP contribution in [-0.2, 0) is 10.2 Å². The predicted octanol–water partition coefficient (Wildman–Crippen LogP) is 3.65. The number of primary amides is 1. The van der Waals surface area contributed by atoms with E-state index < -0.39 is 29.6 Å². The van der Waals surface area contributed by atoms with Crippen LogP contribution in [0, 0.1) is 6.92 Å². The Morgan fingerprint density at radius 1 is 1.34 bits per heavy atom. The first-order valence-electron chi connectivity index (χ1n) is 9.00. The number of likely N-dealkylation sites (tertiary alicyclic amines) is 1. The molecule has 0 bridgehead atoms. The summed E-state index contributed by atoms with van der Waals surface area (Å²) in [6.07, 6.45) is -2.98. The summed E-state index contributed by atoms with van der Waals surface area (Å²) in [4.78, 5) is 34.4. The molecule has 2 aromatic heterocycles. The summed E-state index contributed by atoms with van der Waals surface area (Å²) in [6, 6.07) is -1.12. The molecule has 2 aliphatic rings. The summed E-state index contributed by atoms with van der Waals surface area (Å²) in [5, 5.41) is 4.61. The zero-order valence-corrected chi connectivity index (χ0v) is 17.0. The number of halogens is 3. The molecule has 0 spiro atoms. The van der Waals surface area contributed by atoms with Gasteiger partial charge in [0.2, 0.25) is 5.91 Å². The fourth-order valence-electron chi connectivity index (χ4n) is 3.50. The van der Waals surface area contributed by atoms with E-state index in [1.807, 2.05) is 0 Å². The van der Waals surface area contributed by atoms with Crippen LogP contribution >= 0.6 is 22.7 Å². The molecule has 1 saturated carbocycles. The number of rotatable bonds is 4. The molecule has 3 amide bonds. The Morgan fingerprint density at radius 2 is 2.07 bits per heavy atom. The number of carbonyl (C=O) groups excluding carboxylic acids is 2. The molecule has 3 heterocycles. The zero-order chi connectivity index (χ0) is 21.0. The van der Waals surface area contributed by atoms with Gasteiger partial charge in [-0.3, -0.25) is 10.1 Å². The number of nitrogens with one attached hydrogen (secondary N) is 1. The SMILES string of the molecule is Cc1nc(NC(=O)N2CCCC2C(N)=O)sc1-c1csc(C2(C(F)(F)F)CC2)n1. The molecular formula is C17H18F3N5O2S2. The highest BCUT2D eigenvalue weighted by atomic mass is 32.1. The predicted molar refractivity (Wildman–Crippen MR) is 103 cm³/mol. The van der Waals surface area contributed by atoms with Crippen LogP contribution in [-0.4, -0.2) is 45.6 Å². The van der Waals surface area contributed by atoms with Gasteiger partial charge in [0.25, 0.3) is 0 Å². The van der Waals surface area contributed by atoms with Crippen LogP contribution in [0.3, 0.4) is 0 Å². The minimum atomic E-state index is -4.31. The third-order valence-electron chi connectivity index (χ3n) is 5.29. The van der Waals surface area contributed by atoms with Crippen molar-refractivity contribution in [2.45, 2.75) is 50.2 Å². The number of urea groups is 1. The van der Waals surface area contributed by atoms with E-state index in [4.69, 9.17) is 5.73 Å². The molecule has 4 rings (SSSR count). The number of aryl methyl sites for hydroxylation is 1. The zero-order valence-electron chi connectivity index (χ0n) is 15.4. The van der Waals surface area contributed by atoms with Gasteiger partial charge in [0.1, 0.15) is 16.5 Å². The standard InChI is InChI=1S/C17H18F3N5O2S2/c1-8-11(9-7-28-13(23-9)16(4-5-16)17(18,19)20)29-14(22-8)24-15(27)25-6-2-3-10(25)12(21)26/h7,10H,2-6H2,1H3,(H2,21,26)(H,22,24,27). The Labute approximate surface area is 172 Å². The molecule has 1 aliphatic carbocycles. The Balaban J connectivity index is 1.52. The first kappa shape index (κ1) is 20.1. The molecule has 1 saturated heterocycles.